The summed E-state index contributed by atoms with van der Waals surface area (Å²) >= 11 is 4.82. The molecule has 2 aromatic rings. The molecule has 0 fully saturated rings. The van der Waals surface area contributed by atoms with Gasteiger partial charge < -0.3 is 5.32 Å². The number of hydrogen-bond donors (Lipinski definition) is 2. The van der Waals surface area contributed by atoms with Gasteiger partial charge in [-0.15, -0.1) is 11.3 Å². The summed E-state index contributed by atoms with van der Waals surface area (Å²) in [4.78, 5) is 6.20. The van der Waals surface area contributed by atoms with Gasteiger partial charge in [0.1, 0.15) is 0 Å². The summed E-state index contributed by atoms with van der Waals surface area (Å²) < 4.78 is 27.8. The molecule has 0 atom stereocenters. The number of nitrogens with zero attached hydrogens (tertiary/aromatic N) is 1. The molecule has 0 bridgehead atoms. The number of thiophene rings is 1. The minimum Gasteiger partial charge on any atom is -0.382 e. The van der Waals surface area contributed by atoms with Gasteiger partial charge >= 0.3 is 0 Å². The molecule has 114 valence electrons. The molecule has 0 spiro atoms. The molecule has 2 N–H and O–H groups in total. The first-order valence-corrected chi connectivity index (χ1v) is 9.39. The highest BCUT2D eigenvalue weighted by Crippen LogP contribution is 2.24. The number of anilines is 1. The molecule has 2 aromatic heterocycles. The van der Waals surface area contributed by atoms with Crippen molar-refractivity contribution < 1.29 is 8.42 Å². The van der Waals surface area contributed by atoms with Gasteiger partial charge in [0.05, 0.1) is 16.8 Å². The Labute approximate surface area is 137 Å². The first-order valence-electron chi connectivity index (χ1n) is 6.29. The third-order valence-corrected chi connectivity index (χ3v) is 5.85. The maximum absolute atomic E-state index is 12.2. The zero-order chi connectivity index (χ0) is 15.5. The van der Waals surface area contributed by atoms with Gasteiger partial charge in [0, 0.05) is 33.5 Å². The minimum atomic E-state index is -3.44. The number of aromatic nitrogens is 1. The fourth-order valence-corrected chi connectivity index (χ4v) is 4.80. The highest BCUT2D eigenvalue weighted by Gasteiger charge is 2.18. The standard InChI is InChI=1S/C13H16BrN3O2S2/c1-9-5-13(10(2)20-9)21(18,19)17-4-3-16-12-6-11(14)7-15-8-12/h5-8,16-17H,3-4H2,1-2H3. The third-order valence-electron chi connectivity index (χ3n) is 2.74. The van der Waals surface area contributed by atoms with Gasteiger partial charge in [0.15, 0.2) is 0 Å². The second-order valence-corrected chi connectivity index (χ2v) is 8.61. The molecule has 0 aromatic carbocycles. The van der Waals surface area contributed by atoms with E-state index in [2.05, 4.69) is 31.0 Å². The van der Waals surface area contributed by atoms with Crippen LogP contribution in [0.4, 0.5) is 5.69 Å². The number of hydrogen-bond acceptors (Lipinski definition) is 5. The fourth-order valence-electron chi connectivity index (χ4n) is 1.85. The quantitative estimate of drug-likeness (QED) is 0.745. The molecule has 0 aliphatic heterocycles. The van der Waals surface area contributed by atoms with Crippen LogP contribution < -0.4 is 10.0 Å². The summed E-state index contributed by atoms with van der Waals surface area (Å²) in [6.45, 7) is 4.51. The number of nitrogens with one attached hydrogen (secondary N) is 2. The van der Waals surface area contributed by atoms with Crippen molar-refractivity contribution in [3.8, 4) is 0 Å². The van der Waals surface area contributed by atoms with E-state index in [9.17, 15) is 8.42 Å². The largest absolute Gasteiger partial charge is 0.382 e. The first-order chi connectivity index (χ1) is 9.88. The molecule has 21 heavy (non-hydrogen) atoms. The average molecular weight is 390 g/mol. The fraction of sp³-hybridized carbons (Fsp3) is 0.308. The summed E-state index contributed by atoms with van der Waals surface area (Å²) in [6, 6.07) is 3.59. The van der Waals surface area contributed by atoms with Gasteiger partial charge in [-0.1, -0.05) is 0 Å². The normalized spacial score (nSPS) is 11.6. The second kappa shape index (κ2) is 6.87. The maximum atomic E-state index is 12.2. The van der Waals surface area contributed by atoms with E-state index >= 15 is 0 Å². The molecular weight excluding hydrogens is 374 g/mol. The van der Waals surface area contributed by atoms with Crippen LogP contribution in [0.15, 0.2) is 33.9 Å². The Kier molecular flexibility index (Phi) is 5.37. The average Bonchev–Trinajstić information content (AvgIpc) is 2.75. The molecule has 0 amide bonds. The van der Waals surface area contributed by atoms with Gasteiger partial charge in [0.2, 0.25) is 10.0 Å². The molecule has 0 radical (unpaired) electrons. The molecule has 0 aliphatic rings. The summed E-state index contributed by atoms with van der Waals surface area (Å²) in [7, 11) is -3.44. The van der Waals surface area contributed by atoms with Gasteiger partial charge in [-0.2, -0.15) is 0 Å². The minimum absolute atomic E-state index is 0.309. The number of halogens is 1. The van der Waals surface area contributed by atoms with Gasteiger partial charge in [-0.05, 0) is 41.9 Å². The lowest BCUT2D eigenvalue weighted by molar-refractivity contribution is 0.582. The van der Waals surface area contributed by atoms with E-state index in [0.717, 1.165) is 19.9 Å². The highest BCUT2D eigenvalue weighted by molar-refractivity contribution is 9.10. The van der Waals surface area contributed by atoms with E-state index in [4.69, 9.17) is 0 Å². The molecule has 5 nitrogen and oxygen atoms in total. The van der Waals surface area contributed by atoms with E-state index < -0.39 is 10.0 Å². The summed E-state index contributed by atoms with van der Waals surface area (Å²) in [5, 5.41) is 3.11. The number of pyridine rings is 1. The number of sulfonamides is 1. The summed E-state index contributed by atoms with van der Waals surface area (Å²) in [5.74, 6) is 0. The van der Waals surface area contributed by atoms with Crippen LogP contribution in [0, 0.1) is 13.8 Å². The predicted molar refractivity (Wildman–Crippen MR) is 89.4 cm³/mol. The van der Waals surface area contributed by atoms with E-state index in [-0.39, 0.29) is 0 Å². The van der Waals surface area contributed by atoms with Crippen molar-refractivity contribution in [1.82, 2.24) is 9.71 Å². The third kappa shape index (κ3) is 4.50. The van der Waals surface area contributed by atoms with Crippen LogP contribution in [0.1, 0.15) is 9.75 Å². The van der Waals surface area contributed by atoms with Crippen molar-refractivity contribution in [3.63, 3.8) is 0 Å². The monoisotopic (exact) mass is 389 g/mol. The van der Waals surface area contributed by atoms with E-state index in [1.807, 2.05) is 19.9 Å². The molecule has 0 saturated heterocycles. The molecule has 8 heteroatoms. The Balaban J connectivity index is 1.89. The lowest BCUT2D eigenvalue weighted by atomic mass is 10.4. The van der Waals surface area contributed by atoms with Crippen LogP contribution in [-0.4, -0.2) is 26.5 Å². The van der Waals surface area contributed by atoms with Crippen LogP contribution >= 0.6 is 27.3 Å². The Hall–Kier alpha value is -0.960. The van der Waals surface area contributed by atoms with E-state index in [0.29, 0.717) is 18.0 Å². The zero-order valence-corrected chi connectivity index (χ0v) is 14.9. The van der Waals surface area contributed by atoms with E-state index in [1.165, 1.54) is 11.3 Å². The summed E-state index contributed by atoms with van der Waals surface area (Å²) in [5.41, 5.74) is 0.839. The molecule has 2 heterocycles. The molecule has 0 aliphatic carbocycles. The van der Waals surface area contributed by atoms with Gasteiger partial charge in [-0.25, -0.2) is 13.1 Å². The Morgan fingerprint density at radius 2 is 2.00 bits per heavy atom. The van der Waals surface area contributed by atoms with Crippen LogP contribution in [-0.2, 0) is 10.0 Å². The van der Waals surface area contributed by atoms with Gasteiger partial charge in [-0.3, -0.25) is 4.98 Å². The Morgan fingerprint density at radius 3 is 2.62 bits per heavy atom. The van der Waals surface area contributed by atoms with E-state index in [1.54, 1.807) is 18.5 Å². The smallest absolute Gasteiger partial charge is 0.241 e. The predicted octanol–water partition coefficient (Wildman–Crippen LogP) is 2.91. The molecule has 0 saturated carbocycles. The number of rotatable bonds is 6. The summed E-state index contributed by atoms with van der Waals surface area (Å²) in [6.07, 6.45) is 3.38. The molecule has 2 rings (SSSR count). The SMILES string of the molecule is Cc1cc(S(=O)(=O)NCCNc2cncc(Br)c2)c(C)s1. The highest BCUT2D eigenvalue weighted by atomic mass is 79.9. The van der Waals surface area contributed by atoms with Crippen molar-refractivity contribution in [3.05, 3.63) is 38.8 Å². The van der Waals surface area contributed by atoms with Crippen molar-refractivity contribution >= 4 is 43.0 Å². The van der Waals surface area contributed by atoms with Crippen LogP contribution in [0.3, 0.4) is 0 Å². The number of aryl methyl sites for hydroxylation is 2. The van der Waals surface area contributed by atoms with Crippen molar-refractivity contribution in [1.29, 1.82) is 0 Å². The lowest BCUT2D eigenvalue weighted by Crippen LogP contribution is -2.29. The molecule has 0 unspecified atom stereocenters. The van der Waals surface area contributed by atoms with Crippen molar-refractivity contribution in [2.45, 2.75) is 18.7 Å². The van der Waals surface area contributed by atoms with Crippen molar-refractivity contribution in [2.75, 3.05) is 18.4 Å². The Morgan fingerprint density at radius 1 is 1.24 bits per heavy atom. The van der Waals surface area contributed by atoms with Crippen LogP contribution in [0.5, 0.6) is 0 Å². The Bertz CT molecular complexity index is 729. The van der Waals surface area contributed by atoms with Gasteiger partial charge in [0.25, 0.3) is 0 Å². The zero-order valence-electron chi connectivity index (χ0n) is 11.7. The first kappa shape index (κ1) is 16.4. The van der Waals surface area contributed by atoms with Crippen molar-refractivity contribution in [2.24, 2.45) is 0 Å². The van der Waals surface area contributed by atoms with Crippen LogP contribution in [0.25, 0.3) is 0 Å². The topological polar surface area (TPSA) is 71.1 Å². The second-order valence-electron chi connectivity index (χ2n) is 4.49. The van der Waals surface area contributed by atoms with Crippen LogP contribution in [0.2, 0.25) is 0 Å². The molecular formula is C13H16BrN3O2S2. The maximum Gasteiger partial charge on any atom is 0.241 e. The lowest BCUT2D eigenvalue weighted by Gasteiger charge is -2.08.